The lowest BCUT2D eigenvalue weighted by atomic mass is 9.74. The highest BCUT2D eigenvalue weighted by Crippen LogP contribution is 2.43. The standard InChI is InChI=1S/C29H41F3N2O2/c1-20-15-23(16-21(2)26(20)33-25(35)18-27(3,4)5)34-13-7-9-22-17-24(10-12-28(22,6)19-34)36-14-8-11-29(30,31)32/h10,15-17H,7-9,11-14,18-19H2,1-6H3,(H,33,35). The molecule has 4 nitrogen and oxygen atoms in total. The van der Waals surface area contributed by atoms with E-state index in [2.05, 4.69) is 50.0 Å². The molecule has 1 atom stereocenters. The molecule has 2 aliphatic rings. The summed E-state index contributed by atoms with van der Waals surface area (Å²) < 4.78 is 42.9. The van der Waals surface area contributed by atoms with Crippen LogP contribution in [0.3, 0.4) is 0 Å². The summed E-state index contributed by atoms with van der Waals surface area (Å²) in [4.78, 5) is 14.9. The number of anilines is 2. The van der Waals surface area contributed by atoms with E-state index < -0.39 is 12.6 Å². The molecule has 1 heterocycles. The number of fused-ring (bicyclic) bond motifs is 1. The predicted octanol–water partition coefficient (Wildman–Crippen LogP) is 7.86. The topological polar surface area (TPSA) is 41.6 Å². The van der Waals surface area contributed by atoms with E-state index in [9.17, 15) is 18.0 Å². The Hall–Kier alpha value is -2.44. The zero-order valence-electron chi connectivity index (χ0n) is 22.6. The normalized spacial score (nSPS) is 20.8. The Balaban J connectivity index is 1.68. The highest BCUT2D eigenvalue weighted by Gasteiger charge is 2.35. The van der Waals surface area contributed by atoms with Crippen LogP contribution in [0.15, 0.2) is 35.6 Å². The Kier molecular flexibility index (Phi) is 8.51. The summed E-state index contributed by atoms with van der Waals surface area (Å²) >= 11 is 0. The first-order valence-electron chi connectivity index (χ1n) is 12.9. The number of amides is 1. The Morgan fingerprint density at radius 3 is 2.44 bits per heavy atom. The molecule has 36 heavy (non-hydrogen) atoms. The van der Waals surface area contributed by atoms with Crippen molar-refractivity contribution in [3.8, 4) is 0 Å². The molecule has 1 aromatic rings. The zero-order valence-corrected chi connectivity index (χ0v) is 22.6. The lowest BCUT2D eigenvalue weighted by molar-refractivity contribution is -0.137. The summed E-state index contributed by atoms with van der Waals surface area (Å²) in [6.45, 7) is 14.4. The molecule has 1 amide bonds. The van der Waals surface area contributed by atoms with Crippen molar-refractivity contribution in [3.63, 3.8) is 0 Å². The molecule has 0 saturated carbocycles. The largest absolute Gasteiger partial charge is 0.494 e. The number of aryl methyl sites for hydroxylation is 2. The Labute approximate surface area is 214 Å². The zero-order chi connectivity index (χ0) is 26.7. The highest BCUT2D eigenvalue weighted by atomic mass is 19.4. The molecule has 200 valence electrons. The minimum absolute atomic E-state index is 0.0274. The van der Waals surface area contributed by atoms with Crippen LogP contribution >= 0.6 is 0 Å². The second-order valence-electron chi connectivity index (χ2n) is 11.9. The van der Waals surface area contributed by atoms with Gasteiger partial charge in [-0.3, -0.25) is 4.79 Å². The highest BCUT2D eigenvalue weighted by molar-refractivity contribution is 5.93. The van der Waals surface area contributed by atoms with Crippen molar-refractivity contribution < 1.29 is 22.7 Å². The molecule has 1 unspecified atom stereocenters. The molecule has 7 heteroatoms. The van der Waals surface area contributed by atoms with E-state index in [1.54, 1.807) is 0 Å². The van der Waals surface area contributed by atoms with Gasteiger partial charge in [-0.1, -0.05) is 33.3 Å². The lowest BCUT2D eigenvalue weighted by Crippen LogP contribution is -2.36. The maximum atomic E-state index is 12.5. The molecule has 3 rings (SSSR count). The molecule has 0 bridgehead atoms. The van der Waals surface area contributed by atoms with Gasteiger partial charge in [0, 0.05) is 42.7 Å². The van der Waals surface area contributed by atoms with E-state index in [4.69, 9.17) is 4.74 Å². The van der Waals surface area contributed by atoms with Gasteiger partial charge in [0.25, 0.3) is 0 Å². The maximum Gasteiger partial charge on any atom is 0.389 e. The number of hydrogen-bond donors (Lipinski definition) is 1. The van der Waals surface area contributed by atoms with E-state index in [-0.39, 0.29) is 29.8 Å². The SMILES string of the molecule is Cc1cc(N2CCCC3=CC(OCCCC(F)(F)F)=CCC3(C)C2)cc(C)c1NC(=O)CC(C)(C)C. The second-order valence-corrected chi connectivity index (χ2v) is 11.9. The summed E-state index contributed by atoms with van der Waals surface area (Å²) in [6.07, 6.45) is 2.27. The number of ether oxygens (including phenoxy) is 1. The first-order chi connectivity index (χ1) is 16.7. The molecule has 0 radical (unpaired) electrons. The molecular formula is C29H41F3N2O2. The van der Waals surface area contributed by atoms with Crippen molar-refractivity contribution in [2.75, 3.05) is 29.9 Å². The Morgan fingerprint density at radius 1 is 1.17 bits per heavy atom. The van der Waals surface area contributed by atoms with Crippen molar-refractivity contribution in [1.82, 2.24) is 0 Å². The van der Waals surface area contributed by atoms with Crippen LogP contribution in [0.4, 0.5) is 24.5 Å². The monoisotopic (exact) mass is 506 g/mol. The number of hydrogen-bond acceptors (Lipinski definition) is 3. The third kappa shape index (κ3) is 7.78. The Morgan fingerprint density at radius 2 is 1.83 bits per heavy atom. The number of nitrogens with one attached hydrogen (secondary N) is 1. The number of halogens is 3. The van der Waals surface area contributed by atoms with Crippen LogP contribution in [0.5, 0.6) is 0 Å². The molecule has 1 aliphatic heterocycles. The van der Waals surface area contributed by atoms with Crippen LogP contribution in [-0.4, -0.2) is 31.8 Å². The molecule has 1 N–H and O–H groups in total. The average Bonchev–Trinajstić information content (AvgIpc) is 2.90. The van der Waals surface area contributed by atoms with Crippen LogP contribution in [0, 0.1) is 24.7 Å². The molecule has 1 fully saturated rings. The van der Waals surface area contributed by atoms with E-state index >= 15 is 0 Å². The number of carbonyl (C=O) groups excluding carboxylic acids is 1. The smallest absolute Gasteiger partial charge is 0.389 e. The fourth-order valence-electron chi connectivity index (χ4n) is 5.13. The molecule has 1 aliphatic carbocycles. The van der Waals surface area contributed by atoms with E-state index in [0.29, 0.717) is 12.2 Å². The number of benzene rings is 1. The van der Waals surface area contributed by atoms with Crippen molar-refractivity contribution in [1.29, 1.82) is 0 Å². The van der Waals surface area contributed by atoms with Gasteiger partial charge in [-0.05, 0) is 80.4 Å². The lowest BCUT2D eigenvalue weighted by Gasteiger charge is -2.37. The van der Waals surface area contributed by atoms with E-state index in [1.165, 1.54) is 5.57 Å². The molecule has 0 spiro atoms. The number of rotatable bonds is 7. The van der Waals surface area contributed by atoms with Gasteiger partial charge >= 0.3 is 6.18 Å². The second kappa shape index (κ2) is 10.9. The third-order valence-corrected chi connectivity index (χ3v) is 6.97. The summed E-state index contributed by atoms with van der Waals surface area (Å²) in [6, 6.07) is 4.32. The van der Waals surface area contributed by atoms with Gasteiger partial charge in [-0.25, -0.2) is 0 Å². The quantitative estimate of drug-likeness (QED) is 0.383. The van der Waals surface area contributed by atoms with Gasteiger partial charge in [0.1, 0.15) is 5.76 Å². The van der Waals surface area contributed by atoms with Gasteiger partial charge in [0.15, 0.2) is 0 Å². The first-order valence-corrected chi connectivity index (χ1v) is 12.9. The van der Waals surface area contributed by atoms with Gasteiger partial charge in [0.2, 0.25) is 5.91 Å². The van der Waals surface area contributed by atoms with Gasteiger partial charge in [-0.15, -0.1) is 0 Å². The van der Waals surface area contributed by atoms with Crippen LogP contribution in [0.25, 0.3) is 0 Å². The minimum Gasteiger partial charge on any atom is -0.494 e. The number of allylic oxidation sites excluding steroid dienone is 2. The maximum absolute atomic E-state index is 12.5. The van der Waals surface area contributed by atoms with E-state index in [0.717, 1.165) is 54.9 Å². The van der Waals surface area contributed by atoms with Crippen molar-refractivity contribution in [2.45, 2.75) is 86.2 Å². The number of alkyl halides is 3. The van der Waals surface area contributed by atoms with Gasteiger partial charge < -0.3 is 15.0 Å². The molecule has 1 aromatic carbocycles. The predicted molar refractivity (Wildman–Crippen MR) is 140 cm³/mol. The number of carbonyl (C=O) groups is 1. The van der Waals surface area contributed by atoms with Crippen molar-refractivity contribution in [3.05, 3.63) is 46.7 Å². The van der Waals surface area contributed by atoms with Crippen LogP contribution in [0.2, 0.25) is 0 Å². The average molecular weight is 507 g/mol. The fourth-order valence-corrected chi connectivity index (χ4v) is 5.13. The first kappa shape index (κ1) is 28.1. The molecule has 1 saturated heterocycles. The van der Waals surface area contributed by atoms with Gasteiger partial charge in [-0.2, -0.15) is 13.2 Å². The van der Waals surface area contributed by atoms with Crippen LogP contribution in [-0.2, 0) is 9.53 Å². The van der Waals surface area contributed by atoms with Crippen LogP contribution in [0.1, 0.15) is 77.3 Å². The summed E-state index contributed by atoms with van der Waals surface area (Å²) in [5.41, 5.74) is 5.32. The molecule has 0 aromatic heterocycles. The Bertz CT molecular complexity index is 997. The summed E-state index contributed by atoms with van der Waals surface area (Å²) in [7, 11) is 0. The molecular weight excluding hydrogens is 465 g/mol. The number of nitrogens with zero attached hydrogens (tertiary/aromatic N) is 1. The van der Waals surface area contributed by atoms with Gasteiger partial charge in [0.05, 0.1) is 6.61 Å². The third-order valence-electron chi connectivity index (χ3n) is 6.97. The van der Waals surface area contributed by atoms with E-state index in [1.807, 2.05) is 26.0 Å². The van der Waals surface area contributed by atoms with Crippen molar-refractivity contribution in [2.24, 2.45) is 10.8 Å². The van der Waals surface area contributed by atoms with Crippen LogP contribution < -0.4 is 10.2 Å². The fraction of sp³-hybridized carbons (Fsp3) is 0.621. The summed E-state index contributed by atoms with van der Waals surface area (Å²) in [5.74, 6) is 0.726. The van der Waals surface area contributed by atoms with Crippen molar-refractivity contribution >= 4 is 17.3 Å². The summed E-state index contributed by atoms with van der Waals surface area (Å²) in [5, 5.41) is 3.11. The minimum atomic E-state index is -4.14.